The van der Waals surface area contributed by atoms with Gasteiger partial charge in [-0.25, -0.2) is 4.68 Å². The topological polar surface area (TPSA) is 38.0 Å². The van der Waals surface area contributed by atoms with Crippen LogP contribution in [0.4, 0.5) is 0 Å². The lowest BCUT2D eigenvalue weighted by molar-refractivity contribution is 0.280. The quantitative estimate of drug-likeness (QED) is 0.922. The predicted molar refractivity (Wildman–Crippen MR) is 73.3 cm³/mol. The molecule has 0 spiro atoms. The van der Waals surface area contributed by atoms with Gasteiger partial charge < -0.3 is 5.11 Å². The fraction of sp³-hybridized carbons (Fsp3) is 0.357. The second-order valence-corrected chi connectivity index (χ2v) is 5.07. The minimum atomic E-state index is -0.0851. The number of benzene rings is 1. The second-order valence-electron chi connectivity index (χ2n) is 4.71. The Hall–Kier alpha value is -1.32. The summed E-state index contributed by atoms with van der Waals surface area (Å²) in [5, 5.41) is 14.4. The maximum atomic E-state index is 9.41. The van der Waals surface area contributed by atoms with Crippen molar-refractivity contribution in [3.63, 3.8) is 0 Å². The average Bonchev–Trinajstić information content (AvgIpc) is 2.67. The van der Waals surface area contributed by atoms with Gasteiger partial charge in [0.25, 0.3) is 0 Å². The number of aliphatic hydroxyl groups is 1. The molecule has 1 N–H and O–H groups in total. The van der Waals surface area contributed by atoms with E-state index in [0.717, 1.165) is 11.4 Å². The molecule has 1 heterocycles. The number of aliphatic hydroxyl groups excluding tert-OH is 1. The molecule has 4 heteroatoms. The van der Waals surface area contributed by atoms with Crippen molar-refractivity contribution in [3.05, 3.63) is 46.2 Å². The summed E-state index contributed by atoms with van der Waals surface area (Å²) in [5.41, 5.74) is 3.66. The predicted octanol–water partition coefficient (Wildman–Crippen LogP) is 3.45. The largest absolute Gasteiger partial charge is 0.391 e. The molecule has 0 saturated carbocycles. The third-order valence-corrected chi connectivity index (χ3v) is 3.32. The zero-order valence-electron chi connectivity index (χ0n) is 10.8. The fourth-order valence-corrected chi connectivity index (χ4v) is 2.20. The standard InChI is InChI=1S/C14H17ClN2O/c1-9(2)13-12(8-18)14(15)17(16-13)11-6-4-10(3)5-7-11/h4-7,9,18H,8H2,1-3H3. The van der Waals surface area contributed by atoms with Gasteiger partial charge in [0.05, 0.1) is 18.0 Å². The molecule has 2 aromatic rings. The molecule has 3 nitrogen and oxygen atoms in total. The van der Waals surface area contributed by atoms with Crippen molar-refractivity contribution in [2.75, 3.05) is 0 Å². The Morgan fingerprint density at radius 1 is 1.28 bits per heavy atom. The van der Waals surface area contributed by atoms with E-state index >= 15 is 0 Å². The molecule has 0 amide bonds. The highest BCUT2D eigenvalue weighted by Crippen LogP contribution is 2.28. The van der Waals surface area contributed by atoms with E-state index in [4.69, 9.17) is 11.6 Å². The van der Waals surface area contributed by atoms with E-state index < -0.39 is 0 Å². The van der Waals surface area contributed by atoms with Crippen LogP contribution in [0, 0.1) is 6.92 Å². The first-order valence-corrected chi connectivity index (χ1v) is 6.37. The molecule has 0 unspecified atom stereocenters. The molecule has 0 atom stereocenters. The molecule has 0 bridgehead atoms. The van der Waals surface area contributed by atoms with Gasteiger partial charge in [0, 0.05) is 5.56 Å². The fourth-order valence-electron chi connectivity index (χ4n) is 1.91. The van der Waals surface area contributed by atoms with Crippen LogP contribution in [-0.4, -0.2) is 14.9 Å². The Morgan fingerprint density at radius 2 is 1.89 bits per heavy atom. The van der Waals surface area contributed by atoms with Crippen LogP contribution in [-0.2, 0) is 6.61 Å². The molecule has 1 aromatic heterocycles. The summed E-state index contributed by atoms with van der Waals surface area (Å²) >= 11 is 6.29. The highest BCUT2D eigenvalue weighted by Gasteiger charge is 2.18. The normalized spacial score (nSPS) is 11.2. The molecule has 0 fully saturated rings. The number of hydrogen-bond acceptors (Lipinski definition) is 2. The van der Waals surface area contributed by atoms with Gasteiger partial charge in [-0.2, -0.15) is 5.10 Å². The van der Waals surface area contributed by atoms with Gasteiger partial charge in [-0.3, -0.25) is 0 Å². The van der Waals surface area contributed by atoms with E-state index in [0.29, 0.717) is 10.7 Å². The van der Waals surface area contributed by atoms with Crippen molar-refractivity contribution in [3.8, 4) is 5.69 Å². The Kier molecular flexibility index (Phi) is 3.73. The van der Waals surface area contributed by atoms with Crippen molar-refractivity contribution in [2.45, 2.75) is 33.3 Å². The molecular formula is C14H17ClN2O. The van der Waals surface area contributed by atoms with Crippen molar-refractivity contribution >= 4 is 11.6 Å². The number of hydrogen-bond donors (Lipinski definition) is 1. The van der Waals surface area contributed by atoms with E-state index in [1.807, 2.05) is 45.0 Å². The maximum Gasteiger partial charge on any atom is 0.138 e. The van der Waals surface area contributed by atoms with E-state index in [-0.39, 0.29) is 12.5 Å². The van der Waals surface area contributed by atoms with Crippen LogP contribution in [0.5, 0.6) is 0 Å². The van der Waals surface area contributed by atoms with Crippen LogP contribution < -0.4 is 0 Å². The first kappa shape index (κ1) is 13.1. The average molecular weight is 265 g/mol. The molecule has 0 aliphatic rings. The van der Waals surface area contributed by atoms with Crippen LogP contribution in [0.3, 0.4) is 0 Å². The van der Waals surface area contributed by atoms with Gasteiger partial charge >= 0.3 is 0 Å². The zero-order valence-corrected chi connectivity index (χ0v) is 11.6. The Morgan fingerprint density at radius 3 is 2.33 bits per heavy atom. The minimum Gasteiger partial charge on any atom is -0.391 e. The summed E-state index contributed by atoms with van der Waals surface area (Å²) in [6.45, 7) is 6.03. The first-order chi connectivity index (χ1) is 8.54. The molecule has 0 saturated heterocycles. The van der Waals surface area contributed by atoms with Gasteiger partial charge in [-0.1, -0.05) is 43.1 Å². The third kappa shape index (κ3) is 2.28. The molecule has 1 aromatic carbocycles. The molecule has 0 radical (unpaired) electrons. The van der Waals surface area contributed by atoms with Gasteiger partial charge in [-0.15, -0.1) is 0 Å². The molecule has 18 heavy (non-hydrogen) atoms. The summed E-state index contributed by atoms with van der Waals surface area (Å²) in [4.78, 5) is 0. The smallest absolute Gasteiger partial charge is 0.138 e. The number of nitrogens with zero attached hydrogens (tertiary/aromatic N) is 2. The lowest BCUT2D eigenvalue weighted by Gasteiger charge is -2.03. The van der Waals surface area contributed by atoms with Crippen LogP contribution in [0.25, 0.3) is 5.69 Å². The summed E-state index contributed by atoms with van der Waals surface area (Å²) in [6, 6.07) is 7.97. The summed E-state index contributed by atoms with van der Waals surface area (Å²) in [7, 11) is 0. The lowest BCUT2D eigenvalue weighted by atomic mass is 10.1. The van der Waals surface area contributed by atoms with Crippen LogP contribution >= 0.6 is 11.6 Å². The molecule has 96 valence electrons. The summed E-state index contributed by atoms with van der Waals surface area (Å²) in [5.74, 6) is 0.233. The van der Waals surface area contributed by atoms with E-state index in [1.54, 1.807) is 4.68 Å². The van der Waals surface area contributed by atoms with Gasteiger partial charge in [-0.05, 0) is 25.0 Å². The van der Waals surface area contributed by atoms with Crippen molar-refractivity contribution < 1.29 is 5.11 Å². The Balaban J connectivity index is 2.55. The molecular weight excluding hydrogens is 248 g/mol. The molecule has 0 aliphatic heterocycles. The summed E-state index contributed by atoms with van der Waals surface area (Å²) in [6.07, 6.45) is 0. The lowest BCUT2D eigenvalue weighted by Crippen LogP contribution is -1.98. The monoisotopic (exact) mass is 264 g/mol. The van der Waals surface area contributed by atoms with Crippen molar-refractivity contribution in [1.82, 2.24) is 9.78 Å². The Labute approximate surface area is 112 Å². The van der Waals surface area contributed by atoms with Gasteiger partial charge in [0.1, 0.15) is 5.15 Å². The van der Waals surface area contributed by atoms with E-state index in [1.165, 1.54) is 5.56 Å². The maximum absolute atomic E-state index is 9.41. The highest BCUT2D eigenvalue weighted by atomic mass is 35.5. The second kappa shape index (κ2) is 5.12. The zero-order chi connectivity index (χ0) is 13.3. The van der Waals surface area contributed by atoms with Crippen LogP contribution in [0.1, 0.15) is 36.6 Å². The number of halogens is 1. The highest BCUT2D eigenvalue weighted by molar-refractivity contribution is 6.30. The third-order valence-electron chi connectivity index (χ3n) is 2.94. The first-order valence-electron chi connectivity index (χ1n) is 5.99. The van der Waals surface area contributed by atoms with Crippen molar-refractivity contribution in [1.29, 1.82) is 0 Å². The molecule has 0 aliphatic carbocycles. The van der Waals surface area contributed by atoms with Crippen LogP contribution in [0.15, 0.2) is 24.3 Å². The SMILES string of the molecule is Cc1ccc(-n2nc(C(C)C)c(CO)c2Cl)cc1. The van der Waals surface area contributed by atoms with Crippen molar-refractivity contribution in [2.24, 2.45) is 0 Å². The van der Waals surface area contributed by atoms with Gasteiger partial charge in [0.15, 0.2) is 0 Å². The van der Waals surface area contributed by atoms with Crippen LogP contribution in [0.2, 0.25) is 5.15 Å². The number of aromatic nitrogens is 2. The Bertz CT molecular complexity index is 544. The molecule has 2 rings (SSSR count). The van der Waals surface area contributed by atoms with E-state index in [9.17, 15) is 5.11 Å². The minimum absolute atomic E-state index is 0.0851. The van der Waals surface area contributed by atoms with E-state index in [2.05, 4.69) is 5.10 Å². The number of rotatable bonds is 3. The summed E-state index contributed by atoms with van der Waals surface area (Å²) < 4.78 is 1.68. The number of aryl methyl sites for hydroxylation is 1. The van der Waals surface area contributed by atoms with Gasteiger partial charge in [0.2, 0.25) is 0 Å².